The first-order valence-electron chi connectivity index (χ1n) is 6.07. The average Bonchev–Trinajstić information content (AvgIpc) is 2.83. The molecule has 0 spiro atoms. The average molecular weight is 260 g/mol. The van der Waals surface area contributed by atoms with Gasteiger partial charge in [0.2, 0.25) is 0 Å². The minimum Gasteiger partial charge on any atom is -0.461 e. The van der Waals surface area contributed by atoms with Crippen LogP contribution in [0.3, 0.4) is 0 Å². The minimum atomic E-state index is -0.485. The van der Waals surface area contributed by atoms with Gasteiger partial charge in [0.15, 0.2) is 5.69 Å². The number of hydrogen-bond acceptors (Lipinski definition) is 5. The van der Waals surface area contributed by atoms with Crippen LogP contribution in [0.25, 0.3) is 0 Å². The quantitative estimate of drug-likeness (QED) is 0.855. The molecule has 100 valence electrons. The summed E-state index contributed by atoms with van der Waals surface area (Å²) in [5, 5.41) is 3.07. The van der Waals surface area contributed by atoms with Crippen molar-refractivity contribution >= 4 is 17.7 Å². The summed E-state index contributed by atoms with van der Waals surface area (Å²) in [6.45, 7) is 6.04. The van der Waals surface area contributed by atoms with Crippen molar-refractivity contribution in [3.63, 3.8) is 0 Å². The van der Waals surface area contributed by atoms with Gasteiger partial charge in [-0.3, -0.25) is 0 Å². The molecule has 5 heteroatoms. The lowest BCUT2D eigenvalue weighted by atomic mass is 10.1. The van der Waals surface area contributed by atoms with Crippen LogP contribution in [0.4, 0.5) is 11.7 Å². The number of oxazole rings is 1. The van der Waals surface area contributed by atoms with Crippen LogP contribution in [-0.2, 0) is 4.74 Å². The van der Waals surface area contributed by atoms with E-state index in [4.69, 9.17) is 9.15 Å². The summed E-state index contributed by atoms with van der Waals surface area (Å²) in [5.74, 6) is -0.485. The molecule has 5 nitrogen and oxygen atoms in total. The number of nitrogens with zero attached hydrogens (tertiary/aromatic N) is 1. The second-order valence-electron chi connectivity index (χ2n) is 4.15. The smallest absolute Gasteiger partial charge is 0.360 e. The van der Waals surface area contributed by atoms with E-state index in [1.165, 1.54) is 6.26 Å². The SMILES string of the molecule is CCOC(=O)c1coc(Nc2c(C)cccc2C)n1. The van der Waals surface area contributed by atoms with Gasteiger partial charge in [-0.25, -0.2) is 4.79 Å². The Bertz CT molecular complexity index is 570. The van der Waals surface area contributed by atoms with Gasteiger partial charge in [0.25, 0.3) is 6.01 Å². The van der Waals surface area contributed by atoms with E-state index in [0.717, 1.165) is 16.8 Å². The molecule has 1 N–H and O–H groups in total. The number of carbonyl (C=O) groups excluding carboxylic acids is 1. The normalized spacial score (nSPS) is 10.3. The van der Waals surface area contributed by atoms with E-state index in [1.54, 1.807) is 6.92 Å². The van der Waals surface area contributed by atoms with Crippen molar-refractivity contribution in [2.24, 2.45) is 0 Å². The second-order valence-corrected chi connectivity index (χ2v) is 4.15. The number of anilines is 2. The van der Waals surface area contributed by atoms with Gasteiger partial charge in [0, 0.05) is 5.69 Å². The molecule has 0 atom stereocenters. The van der Waals surface area contributed by atoms with Crippen LogP contribution in [0, 0.1) is 13.8 Å². The van der Waals surface area contributed by atoms with Crippen molar-refractivity contribution in [2.45, 2.75) is 20.8 Å². The molecule has 2 rings (SSSR count). The number of ether oxygens (including phenoxy) is 1. The summed E-state index contributed by atoms with van der Waals surface area (Å²) in [6, 6.07) is 6.24. The fourth-order valence-electron chi connectivity index (χ4n) is 1.75. The zero-order valence-electron chi connectivity index (χ0n) is 11.2. The minimum absolute atomic E-state index is 0.163. The molecule has 0 saturated carbocycles. The first kappa shape index (κ1) is 13.1. The molecule has 1 heterocycles. The van der Waals surface area contributed by atoms with Crippen LogP contribution in [0.5, 0.6) is 0 Å². The Morgan fingerprint density at radius 1 is 1.37 bits per heavy atom. The molecule has 0 amide bonds. The topological polar surface area (TPSA) is 64.4 Å². The fraction of sp³-hybridized carbons (Fsp3) is 0.286. The molecular weight excluding hydrogens is 244 g/mol. The van der Waals surface area contributed by atoms with Crippen molar-refractivity contribution in [2.75, 3.05) is 11.9 Å². The van der Waals surface area contributed by atoms with Gasteiger partial charge in [-0.1, -0.05) is 18.2 Å². The Balaban J connectivity index is 2.18. The fourth-order valence-corrected chi connectivity index (χ4v) is 1.75. The first-order valence-corrected chi connectivity index (χ1v) is 6.07. The van der Waals surface area contributed by atoms with E-state index in [-0.39, 0.29) is 11.7 Å². The number of para-hydroxylation sites is 1. The highest BCUT2D eigenvalue weighted by Crippen LogP contribution is 2.23. The Morgan fingerprint density at radius 3 is 2.68 bits per heavy atom. The van der Waals surface area contributed by atoms with Crippen molar-refractivity contribution in [3.05, 3.63) is 41.3 Å². The number of aryl methyl sites for hydroxylation is 2. The van der Waals surface area contributed by atoms with Gasteiger partial charge in [0.1, 0.15) is 6.26 Å². The third kappa shape index (κ3) is 2.93. The van der Waals surface area contributed by atoms with E-state index >= 15 is 0 Å². The van der Waals surface area contributed by atoms with Gasteiger partial charge in [-0.15, -0.1) is 0 Å². The van der Waals surface area contributed by atoms with E-state index < -0.39 is 5.97 Å². The predicted molar refractivity (Wildman–Crippen MR) is 71.7 cm³/mol. The van der Waals surface area contributed by atoms with Crippen molar-refractivity contribution in [1.82, 2.24) is 4.98 Å². The van der Waals surface area contributed by atoms with Crippen LogP contribution < -0.4 is 5.32 Å². The van der Waals surface area contributed by atoms with E-state index in [1.807, 2.05) is 32.0 Å². The Morgan fingerprint density at radius 2 is 2.05 bits per heavy atom. The molecular formula is C14H16N2O3. The third-order valence-corrected chi connectivity index (χ3v) is 2.70. The van der Waals surface area contributed by atoms with E-state index in [0.29, 0.717) is 6.61 Å². The maximum atomic E-state index is 11.5. The number of benzene rings is 1. The molecule has 0 radical (unpaired) electrons. The molecule has 19 heavy (non-hydrogen) atoms. The molecule has 0 aliphatic carbocycles. The van der Waals surface area contributed by atoms with Crippen LogP contribution in [0.15, 0.2) is 28.9 Å². The molecule has 2 aromatic rings. The van der Waals surface area contributed by atoms with Gasteiger partial charge in [-0.05, 0) is 31.9 Å². The maximum absolute atomic E-state index is 11.5. The molecule has 0 unspecified atom stereocenters. The van der Waals surface area contributed by atoms with Crippen LogP contribution in [0.2, 0.25) is 0 Å². The van der Waals surface area contributed by atoms with E-state index in [2.05, 4.69) is 10.3 Å². The molecule has 0 aliphatic rings. The summed E-state index contributed by atoms with van der Waals surface area (Å²) < 4.78 is 10.1. The number of esters is 1. The van der Waals surface area contributed by atoms with Gasteiger partial charge < -0.3 is 14.5 Å². The summed E-state index contributed by atoms with van der Waals surface area (Å²) in [4.78, 5) is 15.5. The summed E-state index contributed by atoms with van der Waals surface area (Å²) in [6.07, 6.45) is 1.29. The third-order valence-electron chi connectivity index (χ3n) is 2.70. The Hall–Kier alpha value is -2.30. The molecule has 0 bridgehead atoms. The zero-order chi connectivity index (χ0) is 13.8. The second kappa shape index (κ2) is 5.56. The predicted octanol–water partition coefficient (Wildman–Crippen LogP) is 3.21. The van der Waals surface area contributed by atoms with Crippen molar-refractivity contribution in [3.8, 4) is 0 Å². The highest BCUT2D eigenvalue weighted by Gasteiger charge is 2.14. The number of hydrogen-bond donors (Lipinski definition) is 1. The Kier molecular flexibility index (Phi) is 3.85. The van der Waals surface area contributed by atoms with Crippen LogP contribution >= 0.6 is 0 Å². The lowest BCUT2D eigenvalue weighted by Gasteiger charge is -2.08. The van der Waals surface area contributed by atoms with Gasteiger partial charge in [0.05, 0.1) is 6.61 Å². The van der Waals surface area contributed by atoms with Crippen LogP contribution in [0.1, 0.15) is 28.5 Å². The highest BCUT2D eigenvalue weighted by molar-refractivity contribution is 5.87. The number of aromatic nitrogens is 1. The lowest BCUT2D eigenvalue weighted by Crippen LogP contribution is -2.05. The number of carbonyl (C=O) groups is 1. The molecule has 0 fully saturated rings. The number of nitrogens with one attached hydrogen (secondary N) is 1. The summed E-state index contributed by atoms with van der Waals surface area (Å²) in [5.41, 5.74) is 3.25. The number of rotatable bonds is 4. The summed E-state index contributed by atoms with van der Waals surface area (Å²) in [7, 11) is 0. The monoisotopic (exact) mass is 260 g/mol. The molecule has 1 aromatic heterocycles. The largest absolute Gasteiger partial charge is 0.461 e. The van der Waals surface area contributed by atoms with Crippen LogP contribution in [-0.4, -0.2) is 17.6 Å². The molecule has 0 saturated heterocycles. The van der Waals surface area contributed by atoms with Gasteiger partial charge >= 0.3 is 5.97 Å². The maximum Gasteiger partial charge on any atom is 0.360 e. The van der Waals surface area contributed by atoms with Crippen molar-refractivity contribution in [1.29, 1.82) is 0 Å². The van der Waals surface area contributed by atoms with E-state index in [9.17, 15) is 4.79 Å². The summed E-state index contributed by atoms with van der Waals surface area (Å²) >= 11 is 0. The molecule has 1 aromatic carbocycles. The molecule has 0 aliphatic heterocycles. The lowest BCUT2D eigenvalue weighted by molar-refractivity contribution is 0.0519. The highest BCUT2D eigenvalue weighted by atomic mass is 16.5. The van der Waals surface area contributed by atoms with Crippen molar-refractivity contribution < 1.29 is 13.9 Å². The Labute approximate surface area is 111 Å². The first-order chi connectivity index (χ1) is 9.11. The zero-order valence-corrected chi connectivity index (χ0v) is 11.2. The standard InChI is InChI=1S/C14H16N2O3/c1-4-18-13(17)11-8-19-14(15-11)16-12-9(2)6-5-7-10(12)3/h5-8H,4H2,1-3H3,(H,15,16). The van der Waals surface area contributed by atoms with Gasteiger partial charge in [-0.2, -0.15) is 4.98 Å².